The highest BCUT2D eigenvalue weighted by Crippen LogP contribution is 2.26. The lowest BCUT2D eigenvalue weighted by Crippen LogP contribution is -2.53. The number of carbonyl (C=O) groups is 2. The summed E-state index contributed by atoms with van der Waals surface area (Å²) in [5.41, 5.74) is 3.02. The average Bonchev–Trinajstić information content (AvgIpc) is 2.34. The summed E-state index contributed by atoms with van der Waals surface area (Å²) in [6.45, 7) is 4.26. The highest BCUT2D eigenvalue weighted by molar-refractivity contribution is 6.06. The second-order valence-corrected chi connectivity index (χ2v) is 5.17. The number of benzene rings is 1. The zero-order chi connectivity index (χ0) is 14.2. The molecule has 0 spiro atoms. The van der Waals surface area contributed by atoms with Gasteiger partial charge >= 0.3 is 6.03 Å². The largest absolute Gasteiger partial charge is 0.377 e. The monoisotopic (exact) mass is 261 g/mol. The first-order valence-corrected chi connectivity index (χ1v) is 6.30. The number of hydrogen-bond donors (Lipinski definition) is 1. The summed E-state index contributed by atoms with van der Waals surface area (Å²) in [6, 6.07) is 5.51. The number of aryl methyl sites for hydroxylation is 1. The predicted molar refractivity (Wildman–Crippen MR) is 75.6 cm³/mol. The molecule has 0 radical (unpaired) electrons. The third kappa shape index (κ3) is 2.54. The van der Waals surface area contributed by atoms with Gasteiger partial charge in [0.15, 0.2) is 0 Å². The molecule has 0 aromatic heterocycles. The van der Waals surface area contributed by atoms with Gasteiger partial charge < -0.3 is 4.90 Å². The number of carbonyl (C=O) groups excluding carboxylic acids is 2. The topological polar surface area (TPSA) is 52.7 Å². The average molecular weight is 261 g/mol. The van der Waals surface area contributed by atoms with Crippen LogP contribution < -0.4 is 15.1 Å². The smallest absolute Gasteiger partial charge is 0.328 e. The Morgan fingerprint density at radius 2 is 2.00 bits per heavy atom. The van der Waals surface area contributed by atoms with E-state index in [1.807, 2.05) is 51.0 Å². The molecule has 0 bridgehead atoms. The number of amides is 3. The zero-order valence-corrected chi connectivity index (χ0v) is 11.7. The van der Waals surface area contributed by atoms with E-state index in [-0.39, 0.29) is 17.9 Å². The van der Waals surface area contributed by atoms with E-state index in [4.69, 9.17) is 0 Å². The maximum atomic E-state index is 11.9. The molecule has 1 aliphatic rings. The lowest BCUT2D eigenvalue weighted by molar-refractivity contribution is -0.123. The van der Waals surface area contributed by atoms with E-state index in [0.29, 0.717) is 6.54 Å². The third-order valence-electron chi connectivity index (χ3n) is 3.37. The second-order valence-electron chi connectivity index (χ2n) is 5.17. The van der Waals surface area contributed by atoms with Crippen LogP contribution in [0.3, 0.4) is 0 Å². The number of nitrogens with one attached hydrogen (secondary N) is 1. The molecular weight excluding hydrogens is 242 g/mol. The molecule has 1 aliphatic heterocycles. The van der Waals surface area contributed by atoms with E-state index < -0.39 is 0 Å². The van der Waals surface area contributed by atoms with Crippen LogP contribution in [-0.4, -0.2) is 32.6 Å². The first-order chi connectivity index (χ1) is 8.90. The maximum absolute atomic E-state index is 11.9. The van der Waals surface area contributed by atoms with Crippen molar-refractivity contribution in [2.75, 3.05) is 30.4 Å². The van der Waals surface area contributed by atoms with Gasteiger partial charge in [-0.05, 0) is 24.6 Å². The summed E-state index contributed by atoms with van der Waals surface area (Å²) in [7, 11) is 3.93. The highest BCUT2D eigenvalue weighted by atomic mass is 16.2. The molecule has 5 nitrogen and oxygen atoms in total. The summed E-state index contributed by atoms with van der Waals surface area (Å²) < 4.78 is 0. The van der Waals surface area contributed by atoms with E-state index in [1.54, 1.807) is 4.90 Å². The van der Waals surface area contributed by atoms with Crippen molar-refractivity contribution in [1.82, 2.24) is 5.32 Å². The zero-order valence-electron chi connectivity index (χ0n) is 11.7. The van der Waals surface area contributed by atoms with Crippen molar-refractivity contribution in [3.8, 4) is 0 Å². The fourth-order valence-electron chi connectivity index (χ4n) is 2.21. The normalized spacial score (nSPS) is 19.4. The SMILES string of the molecule is Cc1ccc(N2CC(C)C(=O)NC2=O)cc1N(C)C. The molecule has 0 aliphatic carbocycles. The van der Waals surface area contributed by atoms with E-state index >= 15 is 0 Å². The Balaban J connectivity index is 2.34. The van der Waals surface area contributed by atoms with Crippen molar-refractivity contribution >= 4 is 23.3 Å². The van der Waals surface area contributed by atoms with Crippen LogP contribution in [0.25, 0.3) is 0 Å². The van der Waals surface area contributed by atoms with Gasteiger partial charge in [0.1, 0.15) is 0 Å². The van der Waals surface area contributed by atoms with E-state index in [0.717, 1.165) is 16.9 Å². The number of hydrogen-bond acceptors (Lipinski definition) is 3. The van der Waals surface area contributed by atoms with Crippen molar-refractivity contribution in [3.63, 3.8) is 0 Å². The molecule has 5 heteroatoms. The molecule has 0 saturated carbocycles. The van der Waals surface area contributed by atoms with E-state index in [1.165, 1.54) is 0 Å². The van der Waals surface area contributed by atoms with Gasteiger partial charge in [0, 0.05) is 32.0 Å². The fourth-order valence-corrected chi connectivity index (χ4v) is 2.21. The van der Waals surface area contributed by atoms with E-state index in [9.17, 15) is 9.59 Å². The van der Waals surface area contributed by atoms with Gasteiger partial charge in [-0.1, -0.05) is 13.0 Å². The molecule has 1 unspecified atom stereocenters. The predicted octanol–water partition coefficient (Wildman–Crippen LogP) is 1.75. The summed E-state index contributed by atoms with van der Waals surface area (Å²) in [6.07, 6.45) is 0. The quantitative estimate of drug-likeness (QED) is 0.882. The van der Waals surface area contributed by atoms with Crippen LogP contribution in [0.15, 0.2) is 18.2 Å². The Morgan fingerprint density at radius 1 is 1.32 bits per heavy atom. The van der Waals surface area contributed by atoms with Crippen molar-refractivity contribution in [3.05, 3.63) is 23.8 Å². The van der Waals surface area contributed by atoms with E-state index in [2.05, 4.69) is 5.32 Å². The number of rotatable bonds is 2. The first-order valence-electron chi connectivity index (χ1n) is 6.30. The molecule has 1 aromatic rings. The van der Waals surface area contributed by atoms with Gasteiger partial charge in [-0.15, -0.1) is 0 Å². The van der Waals surface area contributed by atoms with Gasteiger partial charge in [0.05, 0.1) is 5.92 Å². The molecular formula is C14H19N3O2. The molecule has 1 fully saturated rings. The van der Waals surface area contributed by atoms with Crippen molar-refractivity contribution < 1.29 is 9.59 Å². The highest BCUT2D eigenvalue weighted by Gasteiger charge is 2.30. The van der Waals surface area contributed by atoms with Crippen LogP contribution in [-0.2, 0) is 4.79 Å². The minimum Gasteiger partial charge on any atom is -0.377 e. The van der Waals surface area contributed by atoms with Crippen molar-refractivity contribution in [1.29, 1.82) is 0 Å². The lowest BCUT2D eigenvalue weighted by atomic mass is 10.1. The molecule has 1 N–H and O–H groups in total. The summed E-state index contributed by atoms with van der Waals surface area (Å²) in [5.74, 6) is -0.400. The maximum Gasteiger partial charge on any atom is 0.328 e. The Bertz CT molecular complexity index is 525. The number of anilines is 2. The van der Waals surface area contributed by atoms with Crippen LogP contribution >= 0.6 is 0 Å². The molecule has 1 atom stereocenters. The van der Waals surface area contributed by atoms with Gasteiger partial charge in [-0.2, -0.15) is 0 Å². The van der Waals surface area contributed by atoms with Crippen molar-refractivity contribution in [2.24, 2.45) is 5.92 Å². The molecule has 2 rings (SSSR count). The van der Waals surface area contributed by atoms with Crippen LogP contribution in [0, 0.1) is 12.8 Å². The molecule has 1 saturated heterocycles. The summed E-state index contributed by atoms with van der Waals surface area (Å²) in [5, 5.41) is 2.38. The van der Waals surface area contributed by atoms with Crippen molar-refractivity contribution in [2.45, 2.75) is 13.8 Å². The minimum absolute atomic E-state index is 0.193. The van der Waals surface area contributed by atoms with Gasteiger partial charge in [0.25, 0.3) is 0 Å². The number of imide groups is 1. The first kappa shape index (κ1) is 13.4. The van der Waals surface area contributed by atoms with Crippen LogP contribution in [0.1, 0.15) is 12.5 Å². The van der Waals surface area contributed by atoms with Gasteiger partial charge in [0.2, 0.25) is 5.91 Å². The lowest BCUT2D eigenvalue weighted by Gasteiger charge is -2.31. The van der Waals surface area contributed by atoms with Crippen LogP contribution in [0.2, 0.25) is 0 Å². The van der Waals surface area contributed by atoms with Crippen LogP contribution in [0.5, 0.6) is 0 Å². The second kappa shape index (κ2) is 4.91. The standard InChI is InChI=1S/C14H19N3O2/c1-9-5-6-11(7-12(9)16(3)4)17-8-10(2)13(18)15-14(17)19/h5-7,10H,8H2,1-4H3,(H,15,18,19). The Kier molecular flexibility index (Phi) is 3.46. The molecule has 102 valence electrons. The Morgan fingerprint density at radius 3 is 2.63 bits per heavy atom. The van der Waals surface area contributed by atoms with Gasteiger partial charge in [-0.3, -0.25) is 15.0 Å². The number of nitrogens with zero attached hydrogens (tertiary/aromatic N) is 2. The third-order valence-corrected chi connectivity index (χ3v) is 3.37. The molecule has 19 heavy (non-hydrogen) atoms. The molecule has 3 amide bonds. The molecule has 1 aromatic carbocycles. The fraction of sp³-hybridized carbons (Fsp3) is 0.429. The Hall–Kier alpha value is -2.04. The summed E-state index contributed by atoms with van der Waals surface area (Å²) >= 11 is 0. The van der Waals surface area contributed by atoms with Gasteiger partial charge in [-0.25, -0.2) is 4.79 Å². The Labute approximate surface area is 113 Å². The van der Waals surface area contributed by atoms with Crippen LogP contribution in [0.4, 0.5) is 16.2 Å². The number of urea groups is 1. The minimum atomic E-state index is -0.350. The molecule has 1 heterocycles. The summed E-state index contributed by atoms with van der Waals surface area (Å²) in [4.78, 5) is 27.0.